The van der Waals surface area contributed by atoms with Crippen molar-refractivity contribution in [1.29, 1.82) is 0 Å². The van der Waals surface area contributed by atoms with E-state index in [4.69, 9.17) is 18.1 Å². The summed E-state index contributed by atoms with van der Waals surface area (Å²) >= 11 is 4.96. The van der Waals surface area contributed by atoms with Crippen molar-refractivity contribution in [1.82, 2.24) is 10.7 Å². The molecular weight excluding hydrogens is 182 g/mol. The van der Waals surface area contributed by atoms with Crippen molar-refractivity contribution in [2.75, 3.05) is 6.54 Å². The van der Waals surface area contributed by atoms with E-state index in [2.05, 4.69) is 10.7 Å². The van der Waals surface area contributed by atoms with Gasteiger partial charge in [-0.05, 0) is 49.2 Å². The van der Waals surface area contributed by atoms with E-state index in [1.54, 1.807) is 0 Å². The van der Waals surface area contributed by atoms with E-state index in [1.807, 2.05) is 0 Å². The van der Waals surface area contributed by atoms with Crippen LogP contribution in [0.5, 0.6) is 0 Å². The molecule has 0 heterocycles. The van der Waals surface area contributed by atoms with Crippen LogP contribution in [-0.4, -0.2) is 11.7 Å². The summed E-state index contributed by atoms with van der Waals surface area (Å²) in [5.41, 5.74) is 3.04. The number of thiocarbonyl (C=S) groups is 1. The third kappa shape index (κ3) is 1.79. The molecule has 0 unspecified atom stereocenters. The van der Waals surface area contributed by atoms with Crippen LogP contribution in [0, 0.1) is 11.3 Å². The van der Waals surface area contributed by atoms with Gasteiger partial charge < -0.3 is 10.7 Å². The third-order valence-corrected chi connectivity index (χ3v) is 3.79. The molecular formula is C9H17N3S. The average Bonchev–Trinajstić information content (AvgIpc) is 2.86. The van der Waals surface area contributed by atoms with E-state index in [-0.39, 0.29) is 0 Å². The van der Waals surface area contributed by atoms with E-state index >= 15 is 0 Å². The maximum atomic E-state index is 5.20. The molecule has 0 aromatic carbocycles. The highest BCUT2D eigenvalue weighted by Crippen LogP contribution is 2.56. The Kier molecular flexibility index (Phi) is 2.43. The van der Waals surface area contributed by atoms with Crippen molar-refractivity contribution < 1.29 is 0 Å². The Morgan fingerprint density at radius 3 is 2.54 bits per heavy atom. The first-order chi connectivity index (χ1) is 6.27. The smallest absolute Gasteiger partial charge is 0.180 e. The fourth-order valence-corrected chi connectivity index (χ4v) is 2.44. The molecule has 4 heteroatoms. The minimum Gasteiger partial charge on any atom is -0.361 e. The summed E-state index contributed by atoms with van der Waals surface area (Å²) in [6.07, 6.45) is 6.98. The zero-order chi connectivity index (χ0) is 9.31. The molecule has 0 saturated heterocycles. The Morgan fingerprint density at radius 2 is 2.15 bits per heavy atom. The molecule has 2 rings (SSSR count). The Labute approximate surface area is 84.4 Å². The van der Waals surface area contributed by atoms with E-state index in [1.165, 1.54) is 32.1 Å². The maximum absolute atomic E-state index is 5.20. The van der Waals surface area contributed by atoms with Gasteiger partial charge in [0.1, 0.15) is 0 Å². The highest BCUT2D eigenvalue weighted by Gasteiger charge is 2.48. The number of hydrogen-bond acceptors (Lipinski definition) is 2. The highest BCUT2D eigenvalue weighted by atomic mass is 32.1. The molecule has 3 nitrogen and oxygen atoms in total. The predicted molar refractivity (Wildman–Crippen MR) is 56.9 cm³/mol. The van der Waals surface area contributed by atoms with Crippen molar-refractivity contribution in [2.24, 2.45) is 17.2 Å². The van der Waals surface area contributed by atoms with E-state index < -0.39 is 0 Å². The lowest BCUT2D eigenvalue weighted by Gasteiger charge is -2.42. The van der Waals surface area contributed by atoms with E-state index in [0.717, 1.165) is 12.5 Å². The van der Waals surface area contributed by atoms with Gasteiger partial charge in [-0.3, -0.25) is 0 Å². The molecule has 2 aliphatic carbocycles. The molecule has 4 N–H and O–H groups in total. The Balaban J connectivity index is 1.80. The average molecular weight is 199 g/mol. The summed E-state index contributed by atoms with van der Waals surface area (Å²) in [4.78, 5) is 0. The van der Waals surface area contributed by atoms with Crippen LogP contribution >= 0.6 is 12.2 Å². The van der Waals surface area contributed by atoms with Crippen molar-refractivity contribution in [3.8, 4) is 0 Å². The van der Waals surface area contributed by atoms with Gasteiger partial charge in [-0.2, -0.15) is 0 Å². The number of hydrogen-bond donors (Lipinski definition) is 3. The minimum atomic E-state index is 0.570. The summed E-state index contributed by atoms with van der Waals surface area (Å²) in [6.45, 7) is 1.01. The minimum absolute atomic E-state index is 0.570. The second kappa shape index (κ2) is 3.42. The Morgan fingerprint density at radius 1 is 1.46 bits per heavy atom. The third-order valence-electron chi connectivity index (χ3n) is 3.52. The van der Waals surface area contributed by atoms with E-state index in [0.29, 0.717) is 10.5 Å². The molecule has 74 valence electrons. The topological polar surface area (TPSA) is 50.1 Å². The lowest BCUT2D eigenvalue weighted by Crippen LogP contribution is -2.48. The number of rotatable bonds is 3. The largest absolute Gasteiger partial charge is 0.361 e. The number of nitrogens with two attached hydrogens (primary N) is 1. The van der Waals surface area contributed by atoms with Gasteiger partial charge in [0.15, 0.2) is 5.11 Å². The second-order valence-electron chi connectivity index (χ2n) is 4.32. The summed E-state index contributed by atoms with van der Waals surface area (Å²) in [6, 6.07) is 0. The van der Waals surface area contributed by atoms with E-state index in [9.17, 15) is 0 Å². The van der Waals surface area contributed by atoms with Crippen LogP contribution in [0.3, 0.4) is 0 Å². The molecule has 0 aromatic rings. The van der Waals surface area contributed by atoms with Crippen LogP contribution in [0.4, 0.5) is 0 Å². The molecule has 0 aliphatic heterocycles. The number of hydrazine groups is 1. The molecule has 2 saturated carbocycles. The molecule has 13 heavy (non-hydrogen) atoms. The van der Waals surface area contributed by atoms with Gasteiger partial charge in [-0.1, -0.05) is 6.42 Å². The SMILES string of the molecule is NNC(=S)NCC1(C2CC2)CCC1. The van der Waals surface area contributed by atoms with Gasteiger partial charge >= 0.3 is 0 Å². The molecule has 0 aromatic heterocycles. The van der Waals surface area contributed by atoms with Crippen LogP contribution < -0.4 is 16.6 Å². The Bertz CT molecular complexity index is 209. The fraction of sp³-hybridized carbons (Fsp3) is 0.889. The maximum Gasteiger partial charge on any atom is 0.180 e. The summed E-state index contributed by atoms with van der Waals surface area (Å²) in [5.74, 6) is 6.17. The second-order valence-corrected chi connectivity index (χ2v) is 4.73. The monoisotopic (exact) mass is 199 g/mol. The van der Waals surface area contributed by atoms with Gasteiger partial charge in [-0.15, -0.1) is 0 Å². The van der Waals surface area contributed by atoms with Crippen molar-refractivity contribution in [3.63, 3.8) is 0 Å². The summed E-state index contributed by atoms with van der Waals surface area (Å²) < 4.78 is 0. The van der Waals surface area contributed by atoms with Gasteiger partial charge in [0.25, 0.3) is 0 Å². The van der Waals surface area contributed by atoms with Crippen molar-refractivity contribution in [3.05, 3.63) is 0 Å². The molecule has 0 bridgehead atoms. The molecule has 0 spiro atoms. The van der Waals surface area contributed by atoms with Crippen LogP contribution in [-0.2, 0) is 0 Å². The number of nitrogens with one attached hydrogen (secondary N) is 2. The molecule has 0 atom stereocenters. The quantitative estimate of drug-likeness (QED) is 0.359. The predicted octanol–water partition coefficient (Wildman–Crippen LogP) is 0.904. The van der Waals surface area contributed by atoms with Gasteiger partial charge in [0.2, 0.25) is 0 Å². The summed E-state index contributed by atoms with van der Waals surface area (Å²) in [7, 11) is 0. The first-order valence-electron chi connectivity index (χ1n) is 5.01. The van der Waals surface area contributed by atoms with Crippen LogP contribution in [0.2, 0.25) is 0 Å². The summed E-state index contributed by atoms with van der Waals surface area (Å²) in [5, 5.41) is 3.77. The highest BCUT2D eigenvalue weighted by molar-refractivity contribution is 7.80. The molecule has 2 aliphatic rings. The van der Waals surface area contributed by atoms with Gasteiger partial charge in [0, 0.05) is 6.54 Å². The lowest BCUT2D eigenvalue weighted by molar-refractivity contribution is 0.106. The zero-order valence-electron chi connectivity index (χ0n) is 7.81. The van der Waals surface area contributed by atoms with Crippen LogP contribution in [0.1, 0.15) is 32.1 Å². The molecule has 0 amide bonds. The van der Waals surface area contributed by atoms with Crippen molar-refractivity contribution in [2.45, 2.75) is 32.1 Å². The van der Waals surface area contributed by atoms with Crippen molar-refractivity contribution >= 4 is 17.3 Å². The van der Waals surface area contributed by atoms with Gasteiger partial charge in [0.05, 0.1) is 0 Å². The van der Waals surface area contributed by atoms with Crippen LogP contribution in [0.25, 0.3) is 0 Å². The van der Waals surface area contributed by atoms with Crippen LogP contribution in [0.15, 0.2) is 0 Å². The normalized spacial score (nSPS) is 24.7. The first-order valence-corrected chi connectivity index (χ1v) is 5.42. The fourth-order valence-electron chi connectivity index (χ4n) is 2.36. The lowest BCUT2D eigenvalue weighted by atomic mass is 9.65. The standard InChI is InChI=1S/C9H17N3S/c10-12-8(13)11-6-9(4-1-5-9)7-2-3-7/h7H,1-6,10H2,(H2,11,12,13). The zero-order valence-corrected chi connectivity index (χ0v) is 8.62. The Hall–Kier alpha value is -0.350. The molecule has 0 radical (unpaired) electrons. The van der Waals surface area contributed by atoms with Gasteiger partial charge in [-0.25, -0.2) is 5.84 Å². The molecule has 2 fully saturated rings. The first kappa shape index (κ1) is 9.21.